The van der Waals surface area contributed by atoms with E-state index >= 15 is 0 Å². The van der Waals surface area contributed by atoms with Crippen LogP contribution in [-0.2, 0) is 13.0 Å². The SMILES string of the molecule is CN(C)c1ccc(C=Cc2nc3ccc(I)cc3c(=O)n2CCc2ccccc2)cc1. The molecule has 4 aromatic rings. The van der Waals surface area contributed by atoms with Crippen molar-refractivity contribution in [2.45, 2.75) is 13.0 Å². The van der Waals surface area contributed by atoms with Gasteiger partial charge in [-0.25, -0.2) is 4.98 Å². The number of anilines is 1. The minimum Gasteiger partial charge on any atom is -0.378 e. The highest BCUT2D eigenvalue weighted by Crippen LogP contribution is 2.17. The first-order valence-corrected chi connectivity index (χ1v) is 11.3. The Morgan fingerprint density at radius 3 is 2.42 bits per heavy atom. The Bertz CT molecular complexity index is 1280. The quantitative estimate of drug-likeness (QED) is 0.316. The Morgan fingerprint density at radius 1 is 0.968 bits per heavy atom. The van der Waals surface area contributed by atoms with Crippen molar-refractivity contribution in [1.29, 1.82) is 0 Å². The fourth-order valence-electron chi connectivity index (χ4n) is 3.49. The van der Waals surface area contributed by atoms with Crippen LogP contribution in [0.25, 0.3) is 23.1 Å². The molecule has 0 aliphatic carbocycles. The lowest BCUT2D eigenvalue weighted by Crippen LogP contribution is -2.25. The number of aryl methyl sites for hydroxylation is 1. The summed E-state index contributed by atoms with van der Waals surface area (Å²) in [5, 5.41) is 0.660. The van der Waals surface area contributed by atoms with Crippen molar-refractivity contribution in [1.82, 2.24) is 9.55 Å². The van der Waals surface area contributed by atoms with Crippen LogP contribution in [0.1, 0.15) is 17.0 Å². The van der Waals surface area contributed by atoms with Crippen molar-refractivity contribution in [3.05, 3.63) is 104 Å². The number of hydrogen-bond acceptors (Lipinski definition) is 3. The molecule has 0 aliphatic heterocycles. The standard InChI is InChI=1S/C26H24IN3O/c1-29(2)22-12-8-20(9-13-22)10-15-25-28-24-14-11-21(27)18-23(24)26(31)30(25)17-16-19-6-4-3-5-7-19/h3-15,18H,16-17H2,1-2H3. The van der Waals surface area contributed by atoms with E-state index in [-0.39, 0.29) is 5.56 Å². The summed E-state index contributed by atoms with van der Waals surface area (Å²) >= 11 is 2.23. The molecule has 4 rings (SSSR count). The molecule has 4 nitrogen and oxygen atoms in total. The van der Waals surface area contributed by atoms with E-state index in [1.54, 1.807) is 4.57 Å². The van der Waals surface area contributed by atoms with E-state index in [0.717, 1.165) is 26.8 Å². The molecule has 0 amide bonds. The van der Waals surface area contributed by atoms with Crippen molar-refractivity contribution in [2.75, 3.05) is 19.0 Å². The molecule has 0 bridgehead atoms. The van der Waals surface area contributed by atoms with Crippen molar-refractivity contribution in [3.8, 4) is 0 Å². The van der Waals surface area contributed by atoms with Crippen LogP contribution < -0.4 is 10.5 Å². The van der Waals surface area contributed by atoms with Gasteiger partial charge in [0.15, 0.2) is 0 Å². The normalized spacial score (nSPS) is 11.3. The summed E-state index contributed by atoms with van der Waals surface area (Å²) < 4.78 is 2.82. The highest BCUT2D eigenvalue weighted by molar-refractivity contribution is 14.1. The van der Waals surface area contributed by atoms with Crippen molar-refractivity contribution in [2.24, 2.45) is 0 Å². The maximum atomic E-state index is 13.3. The summed E-state index contributed by atoms with van der Waals surface area (Å²) in [6.45, 7) is 0.580. The van der Waals surface area contributed by atoms with E-state index in [1.165, 1.54) is 5.56 Å². The lowest BCUT2D eigenvalue weighted by atomic mass is 10.1. The van der Waals surface area contributed by atoms with Gasteiger partial charge < -0.3 is 4.90 Å². The van der Waals surface area contributed by atoms with Gasteiger partial charge in [0.1, 0.15) is 5.82 Å². The van der Waals surface area contributed by atoms with Crippen LogP contribution in [0.3, 0.4) is 0 Å². The average Bonchev–Trinajstić information content (AvgIpc) is 2.78. The van der Waals surface area contributed by atoms with Gasteiger partial charge in [0.2, 0.25) is 0 Å². The fraction of sp³-hybridized carbons (Fsp3) is 0.154. The van der Waals surface area contributed by atoms with Gasteiger partial charge in [-0.3, -0.25) is 9.36 Å². The minimum atomic E-state index is 0.00190. The van der Waals surface area contributed by atoms with E-state index < -0.39 is 0 Å². The van der Waals surface area contributed by atoms with Crippen LogP contribution in [0.4, 0.5) is 5.69 Å². The largest absolute Gasteiger partial charge is 0.378 e. The summed E-state index contributed by atoms with van der Waals surface area (Å²) in [5.74, 6) is 0.673. The highest BCUT2D eigenvalue weighted by atomic mass is 127. The summed E-state index contributed by atoms with van der Waals surface area (Å²) in [7, 11) is 4.05. The van der Waals surface area contributed by atoms with E-state index in [1.807, 2.05) is 62.6 Å². The number of hydrogen-bond donors (Lipinski definition) is 0. The molecule has 31 heavy (non-hydrogen) atoms. The molecular formula is C26H24IN3O. The molecule has 0 aliphatic rings. The summed E-state index contributed by atoms with van der Waals surface area (Å²) in [6, 6.07) is 24.4. The van der Waals surface area contributed by atoms with Crippen molar-refractivity contribution >= 4 is 51.3 Å². The fourth-order valence-corrected chi connectivity index (χ4v) is 3.98. The minimum absolute atomic E-state index is 0.00190. The summed E-state index contributed by atoms with van der Waals surface area (Å²) in [6.07, 6.45) is 4.73. The van der Waals surface area contributed by atoms with Gasteiger partial charge in [-0.1, -0.05) is 48.5 Å². The Morgan fingerprint density at radius 2 is 1.71 bits per heavy atom. The van der Waals surface area contributed by atoms with Crippen LogP contribution in [-0.4, -0.2) is 23.6 Å². The van der Waals surface area contributed by atoms with E-state index in [4.69, 9.17) is 4.98 Å². The molecule has 156 valence electrons. The van der Waals surface area contributed by atoms with Crippen LogP contribution in [0, 0.1) is 3.57 Å². The lowest BCUT2D eigenvalue weighted by Gasteiger charge is -2.12. The zero-order valence-electron chi connectivity index (χ0n) is 17.6. The van der Waals surface area contributed by atoms with Crippen LogP contribution in [0.2, 0.25) is 0 Å². The van der Waals surface area contributed by atoms with Gasteiger partial charge in [-0.15, -0.1) is 0 Å². The molecule has 1 aromatic heterocycles. The predicted molar refractivity (Wildman–Crippen MR) is 139 cm³/mol. The van der Waals surface area contributed by atoms with Gasteiger partial charge in [-0.2, -0.15) is 0 Å². The second-order valence-corrected chi connectivity index (χ2v) is 8.89. The molecule has 1 heterocycles. The van der Waals surface area contributed by atoms with Gasteiger partial charge in [-0.05, 0) is 76.5 Å². The molecule has 0 fully saturated rings. The van der Waals surface area contributed by atoms with E-state index in [2.05, 4.69) is 63.9 Å². The Kier molecular flexibility index (Phi) is 6.51. The third kappa shape index (κ3) is 5.05. The number of benzene rings is 3. The Labute approximate surface area is 196 Å². The Hall–Kier alpha value is -2.93. The number of halogens is 1. The first kappa shape index (κ1) is 21.3. The molecule has 0 unspecified atom stereocenters. The second kappa shape index (κ2) is 9.47. The number of aromatic nitrogens is 2. The Balaban J connectivity index is 1.73. The first-order chi connectivity index (χ1) is 15.0. The third-order valence-electron chi connectivity index (χ3n) is 5.25. The summed E-state index contributed by atoms with van der Waals surface area (Å²) in [4.78, 5) is 20.2. The molecule has 0 atom stereocenters. The van der Waals surface area contributed by atoms with Crippen molar-refractivity contribution < 1.29 is 0 Å². The zero-order valence-corrected chi connectivity index (χ0v) is 19.8. The number of nitrogens with zero attached hydrogens (tertiary/aromatic N) is 3. The molecule has 5 heteroatoms. The van der Waals surface area contributed by atoms with Crippen molar-refractivity contribution in [3.63, 3.8) is 0 Å². The van der Waals surface area contributed by atoms with Gasteiger partial charge in [0.25, 0.3) is 5.56 Å². The monoisotopic (exact) mass is 521 g/mol. The summed E-state index contributed by atoms with van der Waals surface area (Å²) in [5.41, 5.74) is 4.14. The zero-order chi connectivity index (χ0) is 21.8. The molecule has 3 aromatic carbocycles. The van der Waals surface area contributed by atoms with E-state index in [9.17, 15) is 4.79 Å². The molecule has 0 N–H and O–H groups in total. The molecule has 0 radical (unpaired) electrons. The van der Waals surface area contributed by atoms with Crippen LogP contribution >= 0.6 is 22.6 Å². The third-order valence-corrected chi connectivity index (χ3v) is 5.92. The topological polar surface area (TPSA) is 38.1 Å². The van der Waals surface area contributed by atoms with Crippen LogP contribution in [0.5, 0.6) is 0 Å². The van der Waals surface area contributed by atoms with Gasteiger partial charge in [0, 0.05) is 29.9 Å². The second-order valence-electron chi connectivity index (χ2n) is 7.64. The average molecular weight is 521 g/mol. The van der Waals surface area contributed by atoms with E-state index in [0.29, 0.717) is 17.8 Å². The number of fused-ring (bicyclic) bond motifs is 1. The number of rotatable bonds is 6. The highest BCUT2D eigenvalue weighted by Gasteiger charge is 2.10. The molecule has 0 saturated carbocycles. The first-order valence-electron chi connectivity index (χ1n) is 10.2. The smallest absolute Gasteiger partial charge is 0.261 e. The molecule has 0 spiro atoms. The maximum Gasteiger partial charge on any atom is 0.261 e. The van der Waals surface area contributed by atoms with Gasteiger partial charge in [0.05, 0.1) is 10.9 Å². The predicted octanol–water partition coefficient (Wildman–Crippen LogP) is 5.48. The molecule has 0 saturated heterocycles. The lowest BCUT2D eigenvalue weighted by molar-refractivity contribution is 0.655. The molecular weight excluding hydrogens is 497 g/mol. The van der Waals surface area contributed by atoms with Crippen LogP contribution in [0.15, 0.2) is 77.6 Å². The maximum absolute atomic E-state index is 13.3. The van der Waals surface area contributed by atoms with Gasteiger partial charge >= 0.3 is 0 Å².